The highest BCUT2D eigenvalue weighted by atomic mass is 19.1. The van der Waals surface area contributed by atoms with Crippen LogP contribution >= 0.6 is 0 Å². The van der Waals surface area contributed by atoms with Crippen molar-refractivity contribution in [3.63, 3.8) is 0 Å². The van der Waals surface area contributed by atoms with Crippen LogP contribution in [0.3, 0.4) is 0 Å². The molecule has 0 unspecified atom stereocenters. The van der Waals surface area contributed by atoms with Crippen LogP contribution < -0.4 is 0 Å². The van der Waals surface area contributed by atoms with E-state index in [1.807, 2.05) is 29.4 Å². The van der Waals surface area contributed by atoms with E-state index in [1.165, 1.54) is 12.1 Å². The Morgan fingerprint density at radius 1 is 1.25 bits per heavy atom. The van der Waals surface area contributed by atoms with Crippen LogP contribution in [0.25, 0.3) is 0 Å². The smallest absolute Gasteiger partial charge is 0.222 e. The van der Waals surface area contributed by atoms with Gasteiger partial charge in [-0.1, -0.05) is 26.0 Å². The van der Waals surface area contributed by atoms with E-state index < -0.39 is 0 Å². The molecule has 152 valence electrons. The minimum atomic E-state index is -0.202. The number of nitrogens with one attached hydrogen (secondary N) is 1. The number of carbonyl (C=O) groups excluding carboxylic acids is 1. The van der Waals surface area contributed by atoms with E-state index in [9.17, 15) is 9.18 Å². The van der Waals surface area contributed by atoms with Crippen LogP contribution in [0.1, 0.15) is 44.2 Å². The van der Waals surface area contributed by atoms with Crippen LogP contribution in [0.2, 0.25) is 0 Å². The van der Waals surface area contributed by atoms with E-state index in [0.29, 0.717) is 18.4 Å². The zero-order valence-electron chi connectivity index (χ0n) is 16.9. The molecule has 1 aliphatic rings. The lowest BCUT2D eigenvalue weighted by atomic mass is 10.0. The fourth-order valence-corrected chi connectivity index (χ4v) is 3.96. The van der Waals surface area contributed by atoms with Gasteiger partial charge in [0.05, 0.1) is 6.20 Å². The van der Waals surface area contributed by atoms with Crippen molar-refractivity contribution in [3.8, 4) is 0 Å². The molecule has 2 heterocycles. The number of hydrogen-bond acceptors (Lipinski definition) is 3. The first-order valence-corrected chi connectivity index (χ1v) is 10.3. The van der Waals surface area contributed by atoms with Crippen molar-refractivity contribution in [2.75, 3.05) is 19.6 Å². The fraction of sp³-hybridized carbons (Fsp3) is 0.545. The summed E-state index contributed by atoms with van der Waals surface area (Å²) in [5.41, 5.74) is 2.26. The molecule has 3 rings (SSSR count). The van der Waals surface area contributed by atoms with Gasteiger partial charge >= 0.3 is 0 Å². The molecule has 0 bridgehead atoms. The van der Waals surface area contributed by atoms with E-state index in [-0.39, 0.29) is 11.7 Å². The Balaban J connectivity index is 1.58. The van der Waals surface area contributed by atoms with Crippen molar-refractivity contribution < 1.29 is 9.18 Å². The largest absolute Gasteiger partial charge is 0.341 e. The number of aromatic nitrogens is 2. The van der Waals surface area contributed by atoms with Gasteiger partial charge in [-0.15, -0.1) is 0 Å². The fourth-order valence-electron chi connectivity index (χ4n) is 3.96. The van der Waals surface area contributed by atoms with Gasteiger partial charge in [0.15, 0.2) is 0 Å². The van der Waals surface area contributed by atoms with Crippen LogP contribution in [-0.2, 0) is 17.8 Å². The summed E-state index contributed by atoms with van der Waals surface area (Å²) in [4.78, 5) is 17.3. The third-order valence-electron chi connectivity index (χ3n) is 5.58. The zero-order valence-corrected chi connectivity index (χ0v) is 16.9. The highest BCUT2D eigenvalue weighted by molar-refractivity contribution is 5.76. The molecule has 6 heteroatoms. The molecule has 1 amide bonds. The maximum Gasteiger partial charge on any atom is 0.222 e. The number of H-pyrrole nitrogens is 1. The van der Waals surface area contributed by atoms with Crippen molar-refractivity contribution in [1.82, 2.24) is 20.0 Å². The molecular weight excluding hydrogens is 355 g/mol. The predicted octanol–water partition coefficient (Wildman–Crippen LogP) is 3.63. The molecule has 0 saturated carbocycles. The Bertz CT molecular complexity index is 730. The first-order valence-electron chi connectivity index (χ1n) is 10.3. The van der Waals surface area contributed by atoms with Crippen molar-refractivity contribution in [3.05, 3.63) is 53.6 Å². The SMILES string of the molecule is CC(C)[C@@H]1CN(C(=O)CCCc2cn[nH]c2)CCCN1Cc1ccc(F)cc1. The lowest BCUT2D eigenvalue weighted by Gasteiger charge is -2.34. The first kappa shape index (κ1) is 20.5. The highest BCUT2D eigenvalue weighted by Crippen LogP contribution is 2.21. The molecule has 1 N–H and O–H groups in total. The molecule has 1 fully saturated rings. The second-order valence-corrected chi connectivity index (χ2v) is 8.06. The zero-order chi connectivity index (χ0) is 19.9. The lowest BCUT2D eigenvalue weighted by molar-refractivity contribution is -0.131. The molecule has 1 atom stereocenters. The number of aryl methyl sites for hydroxylation is 1. The molecule has 0 aliphatic carbocycles. The number of nitrogens with zero attached hydrogens (tertiary/aromatic N) is 3. The van der Waals surface area contributed by atoms with E-state index >= 15 is 0 Å². The van der Waals surface area contributed by atoms with E-state index in [4.69, 9.17) is 0 Å². The molecule has 1 aromatic carbocycles. The van der Waals surface area contributed by atoms with Crippen LogP contribution in [-0.4, -0.2) is 51.6 Å². The van der Waals surface area contributed by atoms with Gasteiger partial charge in [0.2, 0.25) is 5.91 Å². The molecule has 1 aliphatic heterocycles. The van der Waals surface area contributed by atoms with Gasteiger partial charge in [-0.25, -0.2) is 4.39 Å². The van der Waals surface area contributed by atoms with Crippen LogP contribution in [0.5, 0.6) is 0 Å². The summed E-state index contributed by atoms with van der Waals surface area (Å²) in [5.74, 6) is 0.491. The third kappa shape index (κ3) is 5.64. The summed E-state index contributed by atoms with van der Waals surface area (Å²) in [5, 5.41) is 6.77. The minimum Gasteiger partial charge on any atom is -0.341 e. The summed E-state index contributed by atoms with van der Waals surface area (Å²) in [6.45, 7) is 7.77. The second kappa shape index (κ2) is 9.82. The number of aromatic amines is 1. The highest BCUT2D eigenvalue weighted by Gasteiger charge is 2.29. The number of amides is 1. The Labute approximate surface area is 166 Å². The minimum absolute atomic E-state index is 0.202. The molecule has 1 aromatic heterocycles. The Morgan fingerprint density at radius 2 is 2.04 bits per heavy atom. The van der Waals surface area contributed by atoms with E-state index in [2.05, 4.69) is 28.9 Å². The van der Waals surface area contributed by atoms with Gasteiger partial charge in [0.25, 0.3) is 0 Å². The topological polar surface area (TPSA) is 52.2 Å². The van der Waals surface area contributed by atoms with Crippen LogP contribution in [0.15, 0.2) is 36.7 Å². The number of rotatable bonds is 7. The Kier molecular flexibility index (Phi) is 7.20. The van der Waals surface area contributed by atoms with Crippen LogP contribution in [0.4, 0.5) is 4.39 Å². The van der Waals surface area contributed by atoms with Gasteiger partial charge in [-0.05, 0) is 48.4 Å². The number of hydrogen-bond donors (Lipinski definition) is 1. The van der Waals surface area contributed by atoms with Crippen molar-refractivity contribution in [2.24, 2.45) is 5.92 Å². The van der Waals surface area contributed by atoms with Crippen molar-refractivity contribution in [2.45, 2.75) is 52.1 Å². The van der Waals surface area contributed by atoms with Gasteiger partial charge in [0, 0.05) is 44.8 Å². The molecular formula is C22H31FN4O. The summed E-state index contributed by atoms with van der Waals surface area (Å²) in [7, 11) is 0. The van der Waals surface area contributed by atoms with Crippen LogP contribution in [0, 0.1) is 11.7 Å². The van der Waals surface area contributed by atoms with Gasteiger partial charge < -0.3 is 4.90 Å². The van der Waals surface area contributed by atoms with Gasteiger partial charge in [-0.3, -0.25) is 14.8 Å². The third-order valence-corrected chi connectivity index (χ3v) is 5.58. The normalized spacial score (nSPS) is 18.4. The second-order valence-electron chi connectivity index (χ2n) is 8.06. The quantitative estimate of drug-likeness (QED) is 0.791. The summed E-state index contributed by atoms with van der Waals surface area (Å²) < 4.78 is 13.2. The van der Waals surface area contributed by atoms with Crippen molar-refractivity contribution >= 4 is 5.91 Å². The summed E-state index contributed by atoms with van der Waals surface area (Å²) in [6, 6.07) is 7.07. The molecule has 0 radical (unpaired) electrons. The standard InChI is InChI=1S/C22H31FN4O/c1-17(2)21-16-27(22(28)6-3-5-19-13-24-25-14-19)12-4-11-26(21)15-18-7-9-20(23)10-8-18/h7-10,13-14,17,21H,3-6,11-12,15-16H2,1-2H3,(H,24,25)/t21-/m0/s1. The lowest BCUT2D eigenvalue weighted by Crippen LogP contribution is -2.45. The van der Waals surface area contributed by atoms with Gasteiger partial charge in [0.1, 0.15) is 5.82 Å². The molecule has 5 nitrogen and oxygen atoms in total. The predicted molar refractivity (Wildman–Crippen MR) is 108 cm³/mol. The van der Waals surface area contributed by atoms with E-state index in [1.54, 1.807) is 0 Å². The number of halogens is 1. The number of benzene rings is 1. The molecule has 2 aromatic rings. The Hall–Kier alpha value is -2.21. The van der Waals surface area contributed by atoms with Gasteiger partial charge in [-0.2, -0.15) is 5.10 Å². The monoisotopic (exact) mass is 386 g/mol. The molecule has 28 heavy (non-hydrogen) atoms. The van der Waals surface area contributed by atoms with Crippen molar-refractivity contribution in [1.29, 1.82) is 0 Å². The molecule has 0 spiro atoms. The first-order chi connectivity index (χ1) is 13.5. The maximum absolute atomic E-state index is 13.2. The Morgan fingerprint density at radius 3 is 2.71 bits per heavy atom. The average molecular weight is 387 g/mol. The number of carbonyl (C=O) groups is 1. The summed E-state index contributed by atoms with van der Waals surface area (Å²) >= 11 is 0. The molecule has 1 saturated heterocycles. The summed E-state index contributed by atoms with van der Waals surface area (Å²) in [6.07, 6.45) is 6.98. The average Bonchev–Trinajstić information content (AvgIpc) is 3.09. The maximum atomic E-state index is 13.2. The van der Waals surface area contributed by atoms with E-state index in [0.717, 1.165) is 56.6 Å².